The van der Waals surface area contributed by atoms with Gasteiger partial charge in [-0.3, -0.25) is 14.7 Å². The quantitative estimate of drug-likeness (QED) is 0.543. The first-order valence-corrected chi connectivity index (χ1v) is 6.78. The maximum Gasteiger partial charge on any atom is 0.374 e. The third kappa shape index (κ3) is 3.00. The van der Waals surface area contributed by atoms with Crippen molar-refractivity contribution >= 4 is 5.69 Å². The number of nitro groups is 1. The van der Waals surface area contributed by atoms with Gasteiger partial charge in [0.1, 0.15) is 18.4 Å². The first-order chi connectivity index (χ1) is 11.0. The predicted octanol–water partition coefficient (Wildman–Crippen LogP) is 2.98. The molecule has 0 atom stereocenters. The molecule has 0 saturated carbocycles. The van der Waals surface area contributed by atoms with Gasteiger partial charge < -0.3 is 4.74 Å². The molecule has 0 aliphatic carbocycles. The van der Waals surface area contributed by atoms with E-state index in [1.165, 1.54) is 23.4 Å². The van der Waals surface area contributed by atoms with Crippen LogP contribution in [-0.2, 0) is 0 Å². The Labute approximate surface area is 131 Å². The van der Waals surface area contributed by atoms with E-state index in [2.05, 4.69) is 15.0 Å². The maximum atomic E-state index is 11.5. The molecule has 2 aromatic heterocycles. The van der Waals surface area contributed by atoms with Crippen LogP contribution in [-0.4, -0.2) is 24.4 Å². The van der Waals surface area contributed by atoms with Crippen LogP contribution >= 0.6 is 0 Å². The van der Waals surface area contributed by atoms with E-state index in [0.717, 1.165) is 11.1 Å². The van der Waals surface area contributed by atoms with Crippen molar-refractivity contribution in [2.24, 2.45) is 0 Å². The first-order valence-electron chi connectivity index (χ1n) is 6.78. The molecule has 0 radical (unpaired) electrons. The lowest BCUT2D eigenvalue weighted by Crippen LogP contribution is -2.05. The number of aromatic nitrogens is 4. The largest absolute Gasteiger partial charge is 0.434 e. The molecule has 3 aromatic rings. The Kier molecular flexibility index (Phi) is 3.71. The summed E-state index contributed by atoms with van der Waals surface area (Å²) in [5.41, 5.74) is 1.67. The monoisotopic (exact) mass is 311 g/mol. The molecule has 0 fully saturated rings. The molecule has 116 valence electrons. The Morgan fingerprint density at radius 2 is 1.91 bits per heavy atom. The minimum atomic E-state index is -0.562. The minimum absolute atomic E-state index is 0.0990. The van der Waals surface area contributed by atoms with Crippen molar-refractivity contribution in [2.75, 3.05) is 0 Å². The fourth-order valence-electron chi connectivity index (χ4n) is 2.27. The smallest absolute Gasteiger partial charge is 0.374 e. The predicted molar refractivity (Wildman–Crippen MR) is 81.8 cm³/mol. The summed E-state index contributed by atoms with van der Waals surface area (Å²) in [4.78, 5) is 22.7. The van der Waals surface area contributed by atoms with Gasteiger partial charge in [-0.25, -0.2) is 9.97 Å². The van der Waals surface area contributed by atoms with Gasteiger partial charge in [0, 0.05) is 12.4 Å². The van der Waals surface area contributed by atoms with E-state index in [4.69, 9.17) is 4.74 Å². The standard InChI is InChI=1S/C15H13N5O3/c1-10-5-11(2)7-12(6-10)23-15-13(20(21)22)14(17-8-18-15)19-4-3-16-9-19/h3-9H,1-2H3. The van der Waals surface area contributed by atoms with Crippen molar-refractivity contribution < 1.29 is 9.66 Å². The van der Waals surface area contributed by atoms with Crippen LogP contribution in [0.2, 0.25) is 0 Å². The summed E-state index contributed by atoms with van der Waals surface area (Å²) in [6.07, 6.45) is 5.72. The Balaban J connectivity index is 2.09. The number of aryl methyl sites for hydroxylation is 2. The van der Waals surface area contributed by atoms with Gasteiger partial charge in [-0.05, 0) is 37.1 Å². The van der Waals surface area contributed by atoms with Gasteiger partial charge in [-0.1, -0.05) is 6.07 Å². The van der Waals surface area contributed by atoms with Gasteiger partial charge in [0.05, 0.1) is 4.92 Å². The molecule has 0 N–H and O–H groups in total. The molecule has 0 amide bonds. The molecular formula is C15H13N5O3. The van der Waals surface area contributed by atoms with E-state index in [-0.39, 0.29) is 17.4 Å². The third-order valence-electron chi connectivity index (χ3n) is 3.11. The number of nitrogens with zero attached hydrogens (tertiary/aromatic N) is 5. The van der Waals surface area contributed by atoms with E-state index in [9.17, 15) is 10.1 Å². The Morgan fingerprint density at radius 3 is 2.52 bits per heavy atom. The van der Waals surface area contributed by atoms with Crippen LogP contribution in [0.5, 0.6) is 11.6 Å². The highest BCUT2D eigenvalue weighted by Crippen LogP contribution is 2.33. The molecule has 0 aliphatic rings. The van der Waals surface area contributed by atoms with Crippen molar-refractivity contribution in [3.05, 3.63) is 64.5 Å². The van der Waals surface area contributed by atoms with Crippen LogP contribution in [0, 0.1) is 24.0 Å². The first kappa shape index (κ1) is 14.6. The zero-order chi connectivity index (χ0) is 16.4. The number of imidazole rings is 1. The molecule has 0 bridgehead atoms. The normalized spacial score (nSPS) is 10.5. The highest BCUT2D eigenvalue weighted by molar-refractivity contribution is 5.55. The fraction of sp³-hybridized carbons (Fsp3) is 0.133. The second-order valence-electron chi connectivity index (χ2n) is 5.00. The van der Waals surface area contributed by atoms with Gasteiger partial charge in [0.15, 0.2) is 0 Å². The topological polar surface area (TPSA) is 96.0 Å². The summed E-state index contributed by atoms with van der Waals surface area (Å²) < 4.78 is 7.08. The highest BCUT2D eigenvalue weighted by atomic mass is 16.6. The molecule has 0 aliphatic heterocycles. The van der Waals surface area contributed by atoms with Crippen LogP contribution in [0.25, 0.3) is 5.82 Å². The Bertz CT molecular complexity index is 841. The minimum Gasteiger partial charge on any atom is -0.434 e. The Morgan fingerprint density at radius 1 is 1.17 bits per heavy atom. The second kappa shape index (κ2) is 5.84. The van der Waals surface area contributed by atoms with Gasteiger partial charge in [0.2, 0.25) is 5.82 Å². The summed E-state index contributed by atoms with van der Waals surface area (Å²) in [5, 5.41) is 11.5. The summed E-state index contributed by atoms with van der Waals surface area (Å²) >= 11 is 0. The molecular weight excluding hydrogens is 298 g/mol. The summed E-state index contributed by atoms with van der Waals surface area (Å²) in [5.74, 6) is 0.474. The molecule has 8 nitrogen and oxygen atoms in total. The second-order valence-corrected chi connectivity index (χ2v) is 5.00. The van der Waals surface area contributed by atoms with Crippen molar-refractivity contribution in [1.29, 1.82) is 0 Å². The van der Waals surface area contributed by atoms with Crippen LogP contribution < -0.4 is 4.74 Å². The van der Waals surface area contributed by atoms with Crippen molar-refractivity contribution in [3.8, 4) is 17.4 Å². The number of ether oxygens (including phenoxy) is 1. The van der Waals surface area contributed by atoms with E-state index in [1.807, 2.05) is 19.9 Å². The van der Waals surface area contributed by atoms with Crippen molar-refractivity contribution in [1.82, 2.24) is 19.5 Å². The number of hydrogen-bond donors (Lipinski definition) is 0. The number of rotatable bonds is 4. The molecule has 2 heterocycles. The molecule has 3 rings (SSSR count). The number of benzene rings is 1. The zero-order valence-electron chi connectivity index (χ0n) is 12.5. The summed E-state index contributed by atoms with van der Waals surface area (Å²) in [6, 6.07) is 5.56. The van der Waals surface area contributed by atoms with E-state index >= 15 is 0 Å². The van der Waals surface area contributed by atoms with E-state index < -0.39 is 4.92 Å². The van der Waals surface area contributed by atoms with Gasteiger partial charge >= 0.3 is 11.6 Å². The third-order valence-corrected chi connectivity index (χ3v) is 3.11. The highest BCUT2D eigenvalue weighted by Gasteiger charge is 2.26. The molecule has 8 heteroatoms. The van der Waals surface area contributed by atoms with Crippen molar-refractivity contribution in [3.63, 3.8) is 0 Å². The van der Waals surface area contributed by atoms with Crippen molar-refractivity contribution in [2.45, 2.75) is 13.8 Å². The Hall–Kier alpha value is -3.29. The fourth-order valence-corrected chi connectivity index (χ4v) is 2.27. The average Bonchev–Trinajstić information content (AvgIpc) is 2.99. The van der Waals surface area contributed by atoms with Crippen LogP contribution in [0.3, 0.4) is 0 Å². The number of hydrogen-bond acceptors (Lipinski definition) is 6. The molecule has 0 spiro atoms. The summed E-state index contributed by atoms with van der Waals surface area (Å²) in [6.45, 7) is 3.84. The molecule has 23 heavy (non-hydrogen) atoms. The van der Waals surface area contributed by atoms with Crippen LogP contribution in [0.4, 0.5) is 5.69 Å². The van der Waals surface area contributed by atoms with Crippen LogP contribution in [0.15, 0.2) is 43.2 Å². The van der Waals surface area contributed by atoms with Gasteiger partial charge in [0.25, 0.3) is 0 Å². The maximum absolute atomic E-state index is 11.5. The van der Waals surface area contributed by atoms with Gasteiger partial charge in [-0.15, -0.1) is 0 Å². The van der Waals surface area contributed by atoms with Crippen LogP contribution in [0.1, 0.15) is 11.1 Å². The molecule has 0 unspecified atom stereocenters. The lowest BCUT2D eigenvalue weighted by molar-refractivity contribution is -0.386. The molecule has 1 aromatic carbocycles. The van der Waals surface area contributed by atoms with E-state index in [1.54, 1.807) is 18.3 Å². The molecule has 0 saturated heterocycles. The SMILES string of the molecule is Cc1cc(C)cc(Oc2ncnc(-n3ccnc3)c2[N+](=O)[O-])c1. The average molecular weight is 311 g/mol. The summed E-state index contributed by atoms with van der Waals surface area (Å²) in [7, 11) is 0. The lowest BCUT2D eigenvalue weighted by Gasteiger charge is -2.09. The lowest BCUT2D eigenvalue weighted by atomic mass is 10.1. The van der Waals surface area contributed by atoms with Gasteiger partial charge in [-0.2, -0.15) is 4.98 Å². The van der Waals surface area contributed by atoms with E-state index in [0.29, 0.717) is 5.75 Å². The zero-order valence-corrected chi connectivity index (χ0v) is 12.5.